The number of amides is 1. The van der Waals surface area contributed by atoms with Gasteiger partial charge in [0.1, 0.15) is 11.6 Å². The fraction of sp³-hybridized carbons (Fsp3) is 0.542. The monoisotopic (exact) mass is 446 g/mol. The Balaban J connectivity index is 1.69. The molecule has 0 saturated carbocycles. The lowest BCUT2D eigenvalue weighted by Gasteiger charge is -2.29. The van der Waals surface area contributed by atoms with Gasteiger partial charge in [-0.3, -0.25) is 4.79 Å². The number of benzene rings is 1. The number of ketones is 1. The number of halogens is 2. The Kier molecular flexibility index (Phi) is 8.50. The number of aromatic nitrogens is 2. The van der Waals surface area contributed by atoms with Crippen LogP contribution in [-0.2, 0) is 9.59 Å². The van der Waals surface area contributed by atoms with Gasteiger partial charge in [0.05, 0.1) is 17.9 Å². The molecule has 1 aliphatic heterocycles. The third-order valence-corrected chi connectivity index (χ3v) is 6.08. The van der Waals surface area contributed by atoms with E-state index in [-0.39, 0.29) is 23.7 Å². The van der Waals surface area contributed by atoms with Crippen molar-refractivity contribution in [2.24, 2.45) is 5.92 Å². The van der Waals surface area contributed by atoms with Gasteiger partial charge in [0, 0.05) is 17.9 Å². The van der Waals surface area contributed by atoms with Gasteiger partial charge < -0.3 is 20.0 Å². The van der Waals surface area contributed by atoms with Gasteiger partial charge in [-0.25, -0.2) is 13.8 Å². The minimum atomic E-state index is -0.920. The lowest BCUT2D eigenvalue weighted by Crippen LogP contribution is -2.40. The predicted molar refractivity (Wildman–Crippen MR) is 119 cm³/mol. The zero-order valence-corrected chi connectivity index (χ0v) is 18.8. The van der Waals surface area contributed by atoms with Crippen molar-refractivity contribution in [3.05, 3.63) is 41.9 Å². The highest BCUT2D eigenvalue weighted by Gasteiger charge is 2.26. The zero-order valence-electron chi connectivity index (χ0n) is 18.8. The molecule has 1 saturated heterocycles. The summed E-state index contributed by atoms with van der Waals surface area (Å²) in [6.07, 6.45) is 7.02. The molecule has 0 radical (unpaired) electrons. The van der Waals surface area contributed by atoms with E-state index in [1.807, 2.05) is 0 Å². The number of nitrogens with one attached hydrogen (secondary N) is 2. The number of carbonyl (C=O) groups excluding carboxylic acids is 2. The molecule has 174 valence electrons. The zero-order chi connectivity index (χ0) is 23.1. The second-order valence-corrected chi connectivity index (χ2v) is 8.75. The number of Topliss-reactive ketones (excluding diaryl/α,β-unsaturated/α-hetero) is 1. The van der Waals surface area contributed by atoms with E-state index in [4.69, 9.17) is 0 Å². The third-order valence-electron chi connectivity index (χ3n) is 6.08. The molecule has 1 aliphatic rings. The van der Waals surface area contributed by atoms with Crippen LogP contribution in [0.5, 0.6) is 0 Å². The highest BCUT2D eigenvalue weighted by molar-refractivity contribution is 5.79. The third kappa shape index (κ3) is 6.69. The van der Waals surface area contributed by atoms with Crippen LogP contribution < -0.4 is 5.32 Å². The maximum atomic E-state index is 13.6. The molecule has 3 rings (SSSR count). The second kappa shape index (κ2) is 11.3. The van der Waals surface area contributed by atoms with Crippen LogP contribution in [0.3, 0.4) is 0 Å². The molecule has 2 aromatic rings. The predicted octanol–water partition coefficient (Wildman–Crippen LogP) is 4.39. The molecule has 2 heterocycles. The van der Waals surface area contributed by atoms with Gasteiger partial charge in [-0.1, -0.05) is 12.8 Å². The second-order valence-electron chi connectivity index (χ2n) is 8.75. The van der Waals surface area contributed by atoms with Crippen molar-refractivity contribution in [1.82, 2.24) is 20.2 Å². The van der Waals surface area contributed by atoms with Gasteiger partial charge in [0.15, 0.2) is 11.6 Å². The topological polar surface area (TPSA) is 78.1 Å². The van der Waals surface area contributed by atoms with Gasteiger partial charge in [-0.05, 0) is 70.9 Å². The van der Waals surface area contributed by atoms with Crippen LogP contribution >= 0.6 is 0 Å². The summed E-state index contributed by atoms with van der Waals surface area (Å²) in [5.41, 5.74) is 1.05. The average molecular weight is 447 g/mol. The first-order chi connectivity index (χ1) is 15.3. The number of H-pyrrole nitrogens is 1. The van der Waals surface area contributed by atoms with Crippen LogP contribution in [0.25, 0.3) is 11.3 Å². The smallest absolute Gasteiger partial charge is 0.223 e. The summed E-state index contributed by atoms with van der Waals surface area (Å²) >= 11 is 0. The van der Waals surface area contributed by atoms with Crippen LogP contribution in [0.4, 0.5) is 8.78 Å². The maximum absolute atomic E-state index is 13.6. The number of unbranched alkanes of at least 4 members (excludes halogenated alkanes) is 2. The Labute approximate surface area is 187 Å². The molecular formula is C24H32F2N4O2. The summed E-state index contributed by atoms with van der Waals surface area (Å²) in [6, 6.07) is 3.39. The first-order valence-electron chi connectivity index (χ1n) is 11.3. The molecule has 0 spiro atoms. The summed E-state index contributed by atoms with van der Waals surface area (Å²) < 4.78 is 26.9. The maximum Gasteiger partial charge on any atom is 0.223 e. The first-order valence-corrected chi connectivity index (χ1v) is 11.3. The molecule has 2 N–H and O–H groups in total. The largest absolute Gasteiger partial charge is 0.346 e. The Hall–Kier alpha value is -2.61. The van der Waals surface area contributed by atoms with Gasteiger partial charge in [-0.2, -0.15) is 0 Å². The van der Waals surface area contributed by atoms with E-state index in [1.54, 1.807) is 13.1 Å². The number of rotatable bonds is 10. The SMILES string of the molecule is CC(=O)CCCCC[C@H](NC(=O)C1CCN(C)CC1)c1ncc(-c2ccc(F)c(F)c2)[nH]1. The Bertz CT molecular complexity index is 922. The fourth-order valence-corrected chi connectivity index (χ4v) is 4.06. The Morgan fingerprint density at radius 1 is 1.19 bits per heavy atom. The van der Waals surface area contributed by atoms with Crippen molar-refractivity contribution in [3.63, 3.8) is 0 Å². The fourth-order valence-electron chi connectivity index (χ4n) is 4.06. The number of carbonyl (C=O) groups is 2. The molecule has 1 aromatic heterocycles. The summed E-state index contributed by atoms with van der Waals surface area (Å²) in [7, 11) is 2.06. The van der Waals surface area contributed by atoms with Gasteiger partial charge in [0.2, 0.25) is 5.91 Å². The number of likely N-dealkylation sites (tertiary alicyclic amines) is 1. The number of hydrogen-bond acceptors (Lipinski definition) is 4. The van der Waals surface area contributed by atoms with Crippen LogP contribution in [0.1, 0.15) is 63.7 Å². The summed E-state index contributed by atoms with van der Waals surface area (Å²) in [5.74, 6) is -1.04. The van der Waals surface area contributed by atoms with E-state index in [1.165, 1.54) is 6.07 Å². The normalized spacial score (nSPS) is 16.1. The highest BCUT2D eigenvalue weighted by atomic mass is 19.2. The van der Waals surface area contributed by atoms with Gasteiger partial charge in [-0.15, -0.1) is 0 Å². The molecule has 32 heavy (non-hydrogen) atoms. The molecular weight excluding hydrogens is 414 g/mol. The minimum Gasteiger partial charge on any atom is -0.346 e. The van der Waals surface area contributed by atoms with E-state index in [2.05, 4.69) is 27.2 Å². The van der Waals surface area contributed by atoms with Crippen molar-refractivity contribution >= 4 is 11.7 Å². The number of imidazole rings is 1. The minimum absolute atomic E-state index is 0.0213. The lowest BCUT2D eigenvalue weighted by atomic mass is 9.95. The quantitative estimate of drug-likeness (QED) is 0.531. The molecule has 0 bridgehead atoms. The standard InChI is InChI=1S/C24H32F2N4O2/c1-16(31)6-4-3-5-7-21(29-24(32)17-10-12-30(2)13-11-17)23-27-15-22(28-23)18-8-9-19(25)20(26)14-18/h8-9,14-15,17,21H,3-7,10-13H2,1-2H3,(H,27,28)(H,29,32)/t21-/m0/s1. The van der Waals surface area contributed by atoms with Crippen molar-refractivity contribution in [3.8, 4) is 11.3 Å². The number of hydrogen-bond donors (Lipinski definition) is 2. The average Bonchev–Trinajstić information content (AvgIpc) is 3.25. The molecule has 1 fully saturated rings. The molecule has 1 atom stereocenters. The molecule has 1 amide bonds. The van der Waals surface area contributed by atoms with Crippen molar-refractivity contribution in [1.29, 1.82) is 0 Å². The number of piperidine rings is 1. The van der Waals surface area contributed by atoms with E-state index in [0.29, 0.717) is 29.9 Å². The van der Waals surface area contributed by atoms with Crippen LogP contribution in [0.2, 0.25) is 0 Å². The van der Waals surface area contributed by atoms with Crippen molar-refractivity contribution in [2.75, 3.05) is 20.1 Å². The molecule has 8 heteroatoms. The number of nitrogens with zero attached hydrogens (tertiary/aromatic N) is 2. The molecule has 0 unspecified atom stereocenters. The van der Waals surface area contributed by atoms with Gasteiger partial charge in [0.25, 0.3) is 0 Å². The number of aromatic amines is 1. The van der Waals surface area contributed by atoms with Crippen LogP contribution in [-0.4, -0.2) is 46.7 Å². The molecule has 1 aromatic carbocycles. The molecule has 6 nitrogen and oxygen atoms in total. The van der Waals surface area contributed by atoms with E-state index in [0.717, 1.165) is 57.3 Å². The Morgan fingerprint density at radius 3 is 2.62 bits per heavy atom. The summed E-state index contributed by atoms with van der Waals surface area (Å²) in [5, 5.41) is 3.15. The lowest BCUT2D eigenvalue weighted by molar-refractivity contribution is -0.127. The van der Waals surface area contributed by atoms with Crippen molar-refractivity contribution < 1.29 is 18.4 Å². The van der Waals surface area contributed by atoms with Crippen LogP contribution in [0, 0.1) is 17.6 Å². The Morgan fingerprint density at radius 2 is 1.94 bits per heavy atom. The summed E-state index contributed by atoms with van der Waals surface area (Å²) in [6.45, 7) is 3.39. The molecule has 0 aliphatic carbocycles. The van der Waals surface area contributed by atoms with E-state index in [9.17, 15) is 18.4 Å². The van der Waals surface area contributed by atoms with E-state index >= 15 is 0 Å². The highest BCUT2D eigenvalue weighted by Crippen LogP contribution is 2.25. The van der Waals surface area contributed by atoms with Gasteiger partial charge >= 0.3 is 0 Å². The van der Waals surface area contributed by atoms with Crippen molar-refractivity contribution in [2.45, 2.75) is 57.9 Å². The van der Waals surface area contributed by atoms with Crippen LogP contribution in [0.15, 0.2) is 24.4 Å². The first kappa shape index (κ1) is 24.0. The summed E-state index contributed by atoms with van der Waals surface area (Å²) in [4.78, 5) is 33.9. The van der Waals surface area contributed by atoms with E-state index < -0.39 is 11.6 Å².